The Morgan fingerprint density at radius 1 is 1.53 bits per heavy atom. The first-order valence-corrected chi connectivity index (χ1v) is 5.71. The summed E-state index contributed by atoms with van der Waals surface area (Å²) in [5.41, 5.74) is 2.39. The normalized spacial score (nSPS) is 15.2. The quantitative estimate of drug-likeness (QED) is 0.645. The molecule has 1 amide bonds. The van der Waals surface area contributed by atoms with Gasteiger partial charge in [0, 0.05) is 17.8 Å². The molecule has 0 aliphatic heterocycles. The van der Waals surface area contributed by atoms with Gasteiger partial charge in [-0.1, -0.05) is 0 Å². The largest absolute Gasteiger partial charge is 0.406 e. The molecular formula is C11H13F3N4O. The van der Waals surface area contributed by atoms with Crippen molar-refractivity contribution in [3.63, 3.8) is 0 Å². The molecule has 0 saturated heterocycles. The molecule has 104 valence electrons. The molecule has 5 nitrogen and oxygen atoms in total. The topological polar surface area (TPSA) is 71.2 Å². The van der Waals surface area contributed by atoms with Gasteiger partial charge in [0.15, 0.2) is 0 Å². The highest BCUT2D eigenvalue weighted by atomic mass is 19.4. The summed E-state index contributed by atoms with van der Waals surface area (Å²) in [5.74, 6) is 4.73. The first-order valence-electron chi connectivity index (χ1n) is 5.71. The van der Waals surface area contributed by atoms with Crippen LogP contribution in [-0.4, -0.2) is 34.6 Å². The van der Waals surface area contributed by atoms with E-state index in [1.54, 1.807) is 0 Å². The van der Waals surface area contributed by atoms with Crippen molar-refractivity contribution in [2.45, 2.75) is 25.1 Å². The molecular weight excluding hydrogens is 261 g/mol. The number of nitrogens with one attached hydrogen (secondary N) is 1. The van der Waals surface area contributed by atoms with Crippen LogP contribution in [-0.2, 0) is 0 Å². The summed E-state index contributed by atoms with van der Waals surface area (Å²) in [5, 5.41) is 0. The lowest BCUT2D eigenvalue weighted by molar-refractivity contribution is -0.141. The van der Waals surface area contributed by atoms with Gasteiger partial charge < -0.3 is 10.3 Å². The van der Waals surface area contributed by atoms with Crippen molar-refractivity contribution in [3.05, 3.63) is 23.9 Å². The number of halogens is 3. The number of pyridine rings is 1. The van der Waals surface area contributed by atoms with Crippen molar-refractivity contribution in [3.8, 4) is 0 Å². The summed E-state index contributed by atoms with van der Waals surface area (Å²) in [6.45, 7) is -1.23. The van der Waals surface area contributed by atoms with Crippen molar-refractivity contribution >= 4 is 11.7 Å². The maximum absolute atomic E-state index is 12.5. The van der Waals surface area contributed by atoms with E-state index in [2.05, 4.69) is 10.4 Å². The highest BCUT2D eigenvalue weighted by Gasteiger charge is 2.40. The van der Waals surface area contributed by atoms with Crippen molar-refractivity contribution < 1.29 is 18.0 Å². The van der Waals surface area contributed by atoms with Crippen LogP contribution in [0, 0.1) is 0 Å². The summed E-state index contributed by atoms with van der Waals surface area (Å²) >= 11 is 0. The van der Waals surface area contributed by atoms with Crippen LogP contribution in [0.3, 0.4) is 0 Å². The predicted molar refractivity (Wildman–Crippen MR) is 62.2 cm³/mol. The van der Waals surface area contributed by atoms with Gasteiger partial charge in [-0.15, -0.1) is 0 Å². The number of carbonyl (C=O) groups is 1. The Bertz CT molecular complexity index is 473. The lowest BCUT2D eigenvalue weighted by Crippen LogP contribution is -2.40. The van der Waals surface area contributed by atoms with Gasteiger partial charge in [0.05, 0.1) is 0 Å². The van der Waals surface area contributed by atoms with E-state index < -0.39 is 18.6 Å². The monoisotopic (exact) mass is 274 g/mol. The molecule has 1 aromatic heterocycles. The van der Waals surface area contributed by atoms with E-state index in [0.717, 1.165) is 4.90 Å². The highest BCUT2D eigenvalue weighted by molar-refractivity contribution is 5.95. The molecule has 1 heterocycles. The van der Waals surface area contributed by atoms with E-state index in [0.29, 0.717) is 12.8 Å². The summed E-state index contributed by atoms with van der Waals surface area (Å²) < 4.78 is 37.4. The summed E-state index contributed by atoms with van der Waals surface area (Å²) in [6, 6.07) is 2.37. The number of nitrogens with two attached hydrogens (primary N) is 1. The van der Waals surface area contributed by atoms with E-state index in [1.165, 1.54) is 18.3 Å². The first kappa shape index (κ1) is 13.6. The predicted octanol–water partition coefficient (Wildman–Crippen LogP) is 1.53. The molecule has 2 rings (SSSR count). The minimum Gasteiger partial charge on any atom is -0.327 e. The molecule has 0 aromatic carbocycles. The van der Waals surface area contributed by atoms with Crippen LogP contribution in [0.1, 0.15) is 23.2 Å². The number of alkyl halides is 3. The molecule has 0 spiro atoms. The zero-order valence-electron chi connectivity index (χ0n) is 9.94. The third-order valence-electron chi connectivity index (χ3n) is 2.75. The van der Waals surface area contributed by atoms with Crippen LogP contribution in [0.4, 0.5) is 19.0 Å². The number of carbonyl (C=O) groups excluding carboxylic acids is 1. The Balaban J connectivity index is 2.19. The van der Waals surface area contributed by atoms with E-state index >= 15 is 0 Å². The molecule has 0 radical (unpaired) electrons. The van der Waals surface area contributed by atoms with Gasteiger partial charge in [0.2, 0.25) is 0 Å². The van der Waals surface area contributed by atoms with Crippen molar-refractivity contribution in [2.24, 2.45) is 5.84 Å². The van der Waals surface area contributed by atoms with E-state index in [1.807, 2.05) is 0 Å². The maximum atomic E-state index is 12.5. The average Bonchev–Trinajstić information content (AvgIpc) is 3.18. The molecule has 1 saturated carbocycles. The van der Waals surface area contributed by atoms with E-state index in [9.17, 15) is 18.0 Å². The lowest BCUT2D eigenvalue weighted by Gasteiger charge is -2.23. The Labute approximate surface area is 107 Å². The molecule has 8 heteroatoms. The van der Waals surface area contributed by atoms with E-state index in [-0.39, 0.29) is 17.4 Å². The van der Waals surface area contributed by atoms with Gasteiger partial charge >= 0.3 is 6.18 Å². The van der Waals surface area contributed by atoms with Gasteiger partial charge in [0.1, 0.15) is 12.4 Å². The van der Waals surface area contributed by atoms with E-state index in [4.69, 9.17) is 5.84 Å². The van der Waals surface area contributed by atoms with Crippen LogP contribution < -0.4 is 11.3 Å². The Morgan fingerprint density at radius 2 is 2.21 bits per heavy atom. The molecule has 19 heavy (non-hydrogen) atoms. The van der Waals surface area contributed by atoms with Crippen LogP contribution >= 0.6 is 0 Å². The van der Waals surface area contributed by atoms with Crippen molar-refractivity contribution in [2.75, 3.05) is 12.0 Å². The fourth-order valence-electron chi connectivity index (χ4n) is 1.75. The summed E-state index contributed by atoms with van der Waals surface area (Å²) in [4.78, 5) is 16.8. The third-order valence-corrected chi connectivity index (χ3v) is 2.75. The lowest BCUT2D eigenvalue weighted by atomic mass is 10.2. The van der Waals surface area contributed by atoms with Gasteiger partial charge in [-0.3, -0.25) is 4.79 Å². The SMILES string of the molecule is NNc1cc(C(=O)N(CC(F)(F)F)C2CC2)ccn1. The number of hydrogen-bond donors (Lipinski definition) is 2. The number of hydrogen-bond acceptors (Lipinski definition) is 4. The fourth-order valence-corrected chi connectivity index (χ4v) is 1.75. The number of rotatable bonds is 4. The molecule has 3 N–H and O–H groups in total. The molecule has 1 fully saturated rings. The smallest absolute Gasteiger partial charge is 0.327 e. The zero-order chi connectivity index (χ0) is 14.0. The molecule has 1 aliphatic carbocycles. The number of amides is 1. The van der Waals surface area contributed by atoms with Gasteiger partial charge in [-0.2, -0.15) is 13.2 Å². The Kier molecular flexibility index (Phi) is 3.61. The molecule has 0 unspecified atom stereocenters. The third kappa shape index (κ3) is 3.57. The fraction of sp³-hybridized carbons (Fsp3) is 0.455. The minimum absolute atomic E-state index is 0.138. The molecule has 1 aromatic rings. The van der Waals surface area contributed by atoms with Crippen molar-refractivity contribution in [1.82, 2.24) is 9.88 Å². The molecule has 1 aliphatic rings. The summed E-state index contributed by atoms with van der Waals surface area (Å²) in [6.07, 6.45) is -1.87. The van der Waals surface area contributed by atoms with Gasteiger partial charge in [-0.05, 0) is 25.0 Å². The van der Waals surface area contributed by atoms with Crippen LogP contribution in [0.25, 0.3) is 0 Å². The van der Waals surface area contributed by atoms with Crippen LogP contribution in [0.5, 0.6) is 0 Å². The van der Waals surface area contributed by atoms with Gasteiger partial charge in [-0.25, -0.2) is 10.8 Å². The first-order chi connectivity index (χ1) is 8.90. The Hall–Kier alpha value is -1.83. The minimum atomic E-state index is -4.40. The van der Waals surface area contributed by atoms with Crippen molar-refractivity contribution in [1.29, 1.82) is 0 Å². The maximum Gasteiger partial charge on any atom is 0.406 e. The number of hydrazine groups is 1. The molecule has 0 atom stereocenters. The average molecular weight is 274 g/mol. The number of anilines is 1. The number of aromatic nitrogens is 1. The number of nitrogens with zero attached hydrogens (tertiary/aromatic N) is 2. The number of nitrogen functional groups attached to an aromatic ring is 1. The van der Waals surface area contributed by atoms with Crippen LogP contribution in [0.15, 0.2) is 18.3 Å². The second kappa shape index (κ2) is 5.04. The second-order valence-electron chi connectivity index (χ2n) is 4.35. The van der Waals surface area contributed by atoms with Crippen LogP contribution in [0.2, 0.25) is 0 Å². The standard InChI is InChI=1S/C11H13F3N4O/c12-11(13,14)6-18(8-1-2-8)10(19)7-3-4-16-9(5-7)17-15/h3-5,8H,1-2,6,15H2,(H,16,17). The zero-order valence-corrected chi connectivity index (χ0v) is 9.94. The van der Waals surface area contributed by atoms with Gasteiger partial charge in [0.25, 0.3) is 5.91 Å². The second-order valence-corrected chi connectivity index (χ2v) is 4.35. The molecule has 0 bridgehead atoms. The summed E-state index contributed by atoms with van der Waals surface area (Å²) in [7, 11) is 0. The highest BCUT2D eigenvalue weighted by Crippen LogP contribution is 2.31. The Morgan fingerprint density at radius 3 is 2.74 bits per heavy atom.